The third-order valence-corrected chi connectivity index (χ3v) is 2.79. The Balaban J connectivity index is 0.000000373. The number of carbonyl (C=O) groups is 1. The van der Waals surface area contributed by atoms with Crippen LogP contribution in [0.15, 0.2) is 18.2 Å². The van der Waals surface area contributed by atoms with Crippen molar-refractivity contribution >= 4 is 27.5 Å². The van der Waals surface area contributed by atoms with Gasteiger partial charge in [-0.05, 0) is 6.42 Å². The molecule has 1 aliphatic rings. The molecule has 0 aromatic heterocycles. The number of aryl methyl sites for hydroxylation is 1. The molecule has 1 amide bonds. The maximum atomic E-state index is 10.9. The van der Waals surface area contributed by atoms with Gasteiger partial charge < -0.3 is 12.2 Å². The average molecular weight is 520 g/mol. The van der Waals surface area contributed by atoms with Gasteiger partial charge in [0, 0.05) is 11.8 Å². The minimum atomic E-state index is 0. The number of hydrogen-bond donors (Lipinski definition) is 1. The minimum absolute atomic E-state index is 0. The second-order valence-corrected chi connectivity index (χ2v) is 4.32. The Labute approximate surface area is 135 Å². The number of hydrogen-bond acceptors (Lipinski definition) is 1. The fraction of sp³-hybridized carbons (Fsp3) is 0.385. The van der Waals surface area contributed by atoms with Crippen LogP contribution in [0.5, 0.6) is 0 Å². The molecule has 1 heterocycles. The van der Waals surface area contributed by atoms with E-state index in [9.17, 15) is 4.79 Å². The van der Waals surface area contributed by atoms with Crippen molar-refractivity contribution in [3.05, 3.63) is 36.8 Å². The van der Waals surface area contributed by atoms with Gasteiger partial charge in [-0.3, -0.25) is 4.79 Å². The quantitative estimate of drug-likeness (QED) is 0.471. The minimum Gasteiger partial charge on any atom is -0.379 e. The largest absolute Gasteiger partial charge is 2.00 e. The number of carbonyl (C=O) groups excluding carboxylic acids is 1. The maximum absolute atomic E-state index is 10.9. The molecule has 0 fully saturated rings. The summed E-state index contributed by atoms with van der Waals surface area (Å²) in [5, 5.41) is 3.88. The third kappa shape index (κ3) is 6.64. The summed E-state index contributed by atoms with van der Waals surface area (Å²) >= 11 is 3.27. The normalized spacial score (nSPS) is 12.5. The van der Waals surface area contributed by atoms with Crippen molar-refractivity contribution < 1.29 is 35.9 Å². The molecule has 0 saturated heterocycles. The molecule has 0 radical (unpaired) electrons. The molecule has 0 spiro atoms. The van der Waals surface area contributed by atoms with Crippen LogP contribution in [0.2, 0.25) is 0 Å². The summed E-state index contributed by atoms with van der Waals surface area (Å²) in [5.41, 5.74) is 2.13. The zero-order chi connectivity index (χ0) is 11.8. The maximum Gasteiger partial charge on any atom is 2.00 e. The van der Waals surface area contributed by atoms with Crippen LogP contribution in [0.25, 0.3) is 0 Å². The van der Waals surface area contributed by atoms with Gasteiger partial charge in [0.15, 0.2) is 0 Å². The van der Waals surface area contributed by atoms with Gasteiger partial charge >= 0.3 is 31.1 Å². The summed E-state index contributed by atoms with van der Waals surface area (Å²) in [7, 11) is 0. The van der Waals surface area contributed by atoms with Crippen molar-refractivity contribution in [3.63, 3.8) is 0 Å². The van der Waals surface area contributed by atoms with E-state index in [0.717, 1.165) is 23.9 Å². The Kier molecular flexibility index (Phi) is 10.3. The van der Waals surface area contributed by atoms with E-state index in [1.807, 2.05) is 18.2 Å². The molecule has 1 aromatic carbocycles. The van der Waals surface area contributed by atoms with E-state index in [4.69, 9.17) is 0 Å². The molecule has 1 aliphatic heterocycles. The van der Waals surface area contributed by atoms with Crippen LogP contribution >= 0.6 is 15.9 Å². The number of benzene rings is 1. The average Bonchev–Trinajstić information content (AvgIpc) is 2.31. The predicted molar refractivity (Wildman–Crippen MR) is 70.6 cm³/mol. The van der Waals surface area contributed by atoms with E-state index in [0.29, 0.717) is 6.42 Å². The molecule has 90 valence electrons. The Morgan fingerprint density at radius 1 is 1.47 bits per heavy atom. The molecule has 1 aromatic rings. The molecular formula is C13H16BrNOU. The second-order valence-electron chi connectivity index (χ2n) is 3.53. The predicted octanol–water partition coefficient (Wildman–Crippen LogP) is 3.37. The van der Waals surface area contributed by atoms with Crippen LogP contribution in [-0.2, 0) is 11.2 Å². The van der Waals surface area contributed by atoms with Gasteiger partial charge in [0.05, 0.1) is 0 Å². The number of nitrogens with one attached hydrogen (secondary N) is 1. The molecule has 0 aliphatic carbocycles. The van der Waals surface area contributed by atoms with Gasteiger partial charge in [-0.1, -0.05) is 28.0 Å². The van der Waals surface area contributed by atoms with Gasteiger partial charge in [-0.15, -0.1) is 5.56 Å². The summed E-state index contributed by atoms with van der Waals surface area (Å²) in [6.07, 6.45) is 3.71. The summed E-state index contributed by atoms with van der Waals surface area (Å²) in [4.78, 5) is 10.9. The fourth-order valence-electron chi connectivity index (χ4n) is 1.35. The van der Waals surface area contributed by atoms with Gasteiger partial charge in [-0.25, -0.2) is 0 Å². The zero-order valence-electron chi connectivity index (χ0n) is 9.76. The first-order chi connectivity index (χ1) is 7.77. The van der Waals surface area contributed by atoms with Crippen LogP contribution in [0.1, 0.15) is 24.8 Å². The number of amides is 1. The molecular weight excluding hydrogens is 504 g/mol. The van der Waals surface area contributed by atoms with Crippen molar-refractivity contribution in [2.24, 2.45) is 0 Å². The monoisotopic (exact) mass is 519 g/mol. The topological polar surface area (TPSA) is 29.1 Å². The van der Waals surface area contributed by atoms with E-state index in [1.54, 1.807) is 0 Å². The van der Waals surface area contributed by atoms with Crippen molar-refractivity contribution in [2.45, 2.75) is 25.7 Å². The van der Waals surface area contributed by atoms with Crippen LogP contribution in [0.4, 0.5) is 5.69 Å². The molecule has 2 nitrogen and oxygen atoms in total. The molecule has 0 atom stereocenters. The van der Waals surface area contributed by atoms with Gasteiger partial charge in [0.2, 0.25) is 5.91 Å². The Hall–Kier alpha value is 0.222. The van der Waals surface area contributed by atoms with E-state index in [-0.39, 0.29) is 37.0 Å². The summed E-state index contributed by atoms with van der Waals surface area (Å²) < 4.78 is 0. The molecule has 0 saturated carbocycles. The van der Waals surface area contributed by atoms with Gasteiger partial charge in [0.1, 0.15) is 0 Å². The number of rotatable bonds is 2. The number of unbranched alkanes of at least 4 members (excludes halogenated alkanes) is 1. The summed E-state index contributed by atoms with van der Waals surface area (Å²) in [6, 6.07) is 8.60. The molecule has 17 heavy (non-hydrogen) atoms. The van der Waals surface area contributed by atoms with Crippen LogP contribution in [0, 0.1) is 44.1 Å². The van der Waals surface area contributed by atoms with Gasteiger partial charge in [0.25, 0.3) is 0 Å². The molecule has 4 heteroatoms. The van der Waals surface area contributed by atoms with Crippen LogP contribution < -0.4 is 5.32 Å². The van der Waals surface area contributed by atoms with E-state index >= 15 is 0 Å². The summed E-state index contributed by atoms with van der Waals surface area (Å²) in [6.45, 7) is 3.65. The van der Waals surface area contributed by atoms with Crippen molar-refractivity contribution in [2.75, 3.05) is 10.6 Å². The SMILES string of the molecule is O=C1CCc2cc[c-]cc2N1.[CH2-]CCCBr.[U+2]. The summed E-state index contributed by atoms with van der Waals surface area (Å²) in [5.74, 6) is 0.108. The van der Waals surface area contributed by atoms with Crippen LogP contribution in [0.3, 0.4) is 0 Å². The van der Waals surface area contributed by atoms with Crippen molar-refractivity contribution in [3.8, 4) is 0 Å². The van der Waals surface area contributed by atoms with Crippen molar-refractivity contribution in [1.29, 1.82) is 0 Å². The first-order valence-corrected chi connectivity index (χ1v) is 6.54. The molecule has 0 bridgehead atoms. The van der Waals surface area contributed by atoms with Crippen LogP contribution in [-0.4, -0.2) is 11.2 Å². The first kappa shape index (κ1) is 17.2. The number of alkyl halides is 1. The Morgan fingerprint density at radius 2 is 2.24 bits per heavy atom. The Bertz CT molecular complexity index is 342. The third-order valence-electron chi connectivity index (χ3n) is 2.23. The molecule has 1 N–H and O–H groups in total. The standard InChI is InChI=1S/C9H8NO.C4H8Br.U/c11-9-6-5-7-3-1-2-4-8(7)10-9;1-2-3-4-5;/h1,3-4H,5-6H2,(H,10,11);1-4H2;/q2*-1;+2. The number of halogens is 1. The fourth-order valence-corrected chi connectivity index (χ4v) is 1.75. The van der Waals surface area contributed by atoms with E-state index in [1.165, 1.54) is 12.0 Å². The van der Waals surface area contributed by atoms with Crippen molar-refractivity contribution in [1.82, 2.24) is 0 Å². The number of fused-ring (bicyclic) bond motifs is 1. The van der Waals surface area contributed by atoms with E-state index in [2.05, 4.69) is 34.2 Å². The number of anilines is 1. The Morgan fingerprint density at radius 3 is 2.82 bits per heavy atom. The molecule has 2 rings (SSSR count). The smallest absolute Gasteiger partial charge is 0.379 e. The van der Waals surface area contributed by atoms with E-state index < -0.39 is 0 Å². The first-order valence-electron chi connectivity index (χ1n) is 5.42. The van der Waals surface area contributed by atoms with Gasteiger partial charge in [-0.2, -0.15) is 30.7 Å². The molecule has 0 unspecified atom stereocenters. The zero-order valence-corrected chi connectivity index (χ0v) is 15.5. The second kappa shape index (κ2) is 10.2.